The Labute approximate surface area is 293 Å². The van der Waals surface area contributed by atoms with Crippen LogP contribution in [-0.4, -0.2) is 90.1 Å². The topological polar surface area (TPSA) is 171 Å². The van der Waals surface area contributed by atoms with E-state index >= 15 is 0 Å². The Morgan fingerprint density at radius 1 is 0.980 bits per heavy atom. The molecule has 12 nitrogen and oxygen atoms in total. The molecule has 1 heterocycles. The first-order valence-electron chi connectivity index (χ1n) is 17.9. The number of hydrogen-bond donors (Lipinski definition) is 4. The zero-order valence-electron chi connectivity index (χ0n) is 31.2. The van der Waals surface area contributed by atoms with Gasteiger partial charge in [0.1, 0.15) is 12.1 Å². The summed E-state index contributed by atoms with van der Waals surface area (Å²) in [7, 11) is -3.41. The number of sulfone groups is 1. The van der Waals surface area contributed by atoms with Gasteiger partial charge in [0.2, 0.25) is 17.6 Å². The molecule has 2 saturated carbocycles. The van der Waals surface area contributed by atoms with Crippen LogP contribution in [0.25, 0.3) is 0 Å². The van der Waals surface area contributed by atoms with Gasteiger partial charge in [-0.2, -0.15) is 0 Å². The molecule has 0 aromatic carbocycles. The van der Waals surface area contributed by atoms with Gasteiger partial charge in [-0.25, -0.2) is 13.2 Å². The van der Waals surface area contributed by atoms with Crippen molar-refractivity contribution in [3.05, 3.63) is 12.7 Å². The van der Waals surface area contributed by atoms with Crippen molar-refractivity contribution in [2.24, 2.45) is 22.7 Å². The number of ketones is 1. The van der Waals surface area contributed by atoms with Crippen molar-refractivity contribution < 1.29 is 32.4 Å². The summed E-state index contributed by atoms with van der Waals surface area (Å²) in [6, 6.07) is -3.47. The van der Waals surface area contributed by atoms with Crippen LogP contribution in [0.5, 0.6) is 0 Å². The molecule has 0 aromatic heterocycles. The van der Waals surface area contributed by atoms with E-state index < -0.39 is 73.2 Å². The van der Waals surface area contributed by atoms with Gasteiger partial charge in [0.05, 0.1) is 16.5 Å². The molecule has 1 aliphatic heterocycles. The van der Waals surface area contributed by atoms with E-state index in [0.717, 1.165) is 19.3 Å². The summed E-state index contributed by atoms with van der Waals surface area (Å²) in [6.07, 6.45) is 6.55. The van der Waals surface area contributed by atoms with Crippen LogP contribution in [0.3, 0.4) is 0 Å². The van der Waals surface area contributed by atoms with E-state index in [1.165, 1.54) is 11.0 Å². The normalized spacial score (nSPS) is 24.1. The standard InChI is InChI=1S/C36H61N5O7S/c1-11-16-24(27(42)30(44)37-20-12-2)38-29(43)26-25-23(35(25,9)10)22-41(26)31(45)28(33(3,4)5)39-32(46)40-36(17-14-13-15-18-36)19-21-49(47,48)34(6,7)8/h12,23-26,28H,2,11,13-22H2,1,3-10H3,(H,37,44)(H,38,43)(H2,39,40,46)/t23?,24?,25-,26-,28+/m0/s1. The lowest BCUT2D eigenvalue weighted by molar-refractivity contribution is -0.145. The van der Waals surface area contributed by atoms with Crippen molar-refractivity contribution in [3.63, 3.8) is 0 Å². The molecule has 49 heavy (non-hydrogen) atoms. The van der Waals surface area contributed by atoms with Gasteiger partial charge in [-0.1, -0.05) is 73.3 Å². The molecule has 2 unspecified atom stereocenters. The Morgan fingerprint density at radius 3 is 2.12 bits per heavy atom. The van der Waals surface area contributed by atoms with Gasteiger partial charge in [0.15, 0.2) is 9.84 Å². The number of amides is 5. The molecule has 0 spiro atoms. The highest BCUT2D eigenvalue weighted by molar-refractivity contribution is 7.92. The monoisotopic (exact) mass is 707 g/mol. The van der Waals surface area contributed by atoms with Crippen molar-refractivity contribution in [2.75, 3.05) is 18.8 Å². The maximum Gasteiger partial charge on any atom is 0.315 e. The molecule has 0 radical (unpaired) electrons. The number of Topliss-reactive ketones (excluding diaryl/α,β-unsaturated/α-hetero) is 1. The third-order valence-corrected chi connectivity index (χ3v) is 13.6. The molecule has 4 N–H and O–H groups in total. The minimum Gasteiger partial charge on any atom is -0.346 e. The fourth-order valence-electron chi connectivity index (χ4n) is 7.56. The number of hydrogen-bond acceptors (Lipinski definition) is 7. The molecular weight excluding hydrogens is 646 g/mol. The second-order valence-corrected chi connectivity index (χ2v) is 19.9. The first-order valence-corrected chi connectivity index (χ1v) is 19.5. The SMILES string of the molecule is C=CCNC(=O)C(=O)C(CCC)NC(=O)[C@@H]1[C@@H]2C(CN1C(=O)[C@@H](NC(=O)NC1(CCS(=O)(=O)C(C)(C)C)CCCCC1)C(C)(C)C)C2(C)C. The molecule has 3 fully saturated rings. The Bertz CT molecular complexity index is 1390. The lowest BCUT2D eigenvalue weighted by atomic mass is 9.79. The molecule has 3 aliphatic rings. The molecule has 5 atom stereocenters. The van der Waals surface area contributed by atoms with Crippen LogP contribution in [0, 0.1) is 22.7 Å². The van der Waals surface area contributed by atoms with Crippen LogP contribution < -0.4 is 21.3 Å². The van der Waals surface area contributed by atoms with E-state index in [1.54, 1.807) is 20.8 Å². The van der Waals surface area contributed by atoms with Crippen LogP contribution in [-0.2, 0) is 29.0 Å². The third kappa shape index (κ3) is 9.24. The zero-order valence-corrected chi connectivity index (χ0v) is 32.0. The average molecular weight is 708 g/mol. The Balaban J connectivity index is 1.83. The van der Waals surface area contributed by atoms with Gasteiger partial charge in [-0.05, 0) is 69.1 Å². The van der Waals surface area contributed by atoms with Gasteiger partial charge in [0, 0.05) is 18.6 Å². The molecule has 1 saturated heterocycles. The quantitative estimate of drug-likeness (QED) is 0.158. The van der Waals surface area contributed by atoms with E-state index in [1.807, 2.05) is 27.7 Å². The fourth-order valence-corrected chi connectivity index (χ4v) is 8.83. The number of nitrogens with zero attached hydrogens (tertiary/aromatic N) is 1. The fraction of sp³-hybridized carbons (Fsp3) is 0.806. The number of urea groups is 1. The van der Waals surface area contributed by atoms with Crippen molar-refractivity contribution in [3.8, 4) is 0 Å². The zero-order chi connectivity index (χ0) is 37.2. The third-order valence-electron chi connectivity index (χ3n) is 11.0. The molecular formula is C36H61N5O7S. The van der Waals surface area contributed by atoms with Gasteiger partial charge in [-0.15, -0.1) is 6.58 Å². The molecule has 2 aliphatic carbocycles. The second-order valence-electron chi connectivity index (χ2n) is 17.0. The number of piperidine rings is 1. The van der Waals surface area contributed by atoms with Crippen LogP contribution in [0.15, 0.2) is 12.7 Å². The van der Waals surface area contributed by atoms with E-state index in [0.29, 0.717) is 25.8 Å². The van der Waals surface area contributed by atoms with E-state index in [2.05, 4.69) is 41.7 Å². The van der Waals surface area contributed by atoms with Gasteiger partial charge >= 0.3 is 6.03 Å². The maximum absolute atomic E-state index is 14.4. The predicted molar refractivity (Wildman–Crippen MR) is 190 cm³/mol. The van der Waals surface area contributed by atoms with Crippen molar-refractivity contribution in [1.29, 1.82) is 0 Å². The molecule has 0 aromatic rings. The van der Waals surface area contributed by atoms with Crippen LogP contribution >= 0.6 is 0 Å². The van der Waals surface area contributed by atoms with E-state index in [9.17, 15) is 32.4 Å². The lowest BCUT2D eigenvalue weighted by Gasteiger charge is -2.41. The van der Waals surface area contributed by atoms with Crippen LogP contribution in [0.1, 0.15) is 114 Å². The molecule has 0 bridgehead atoms. The number of fused-ring (bicyclic) bond motifs is 1. The molecule has 13 heteroatoms. The van der Waals surface area contributed by atoms with Gasteiger partial charge in [-0.3, -0.25) is 19.2 Å². The Morgan fingerprint density at radius 2 is 1.59 bits per heavy atom. The minimum absolute atomic E-state index is 0.0566. The lowest BCUT2D eigenvalue weighted by Crippen LogP contribution is -2.63. The highest BCUT2D eigenvalue weighted by atomic mass is 32.2. The predicted octanol–water partition coefficient (Wildman–Crippen LogP) is 3.65. The number of rotatable bonds is 14. The van der Waals surface area contributed by atoms with E-state index in [4.69, 9.17) is 0 Å². The summed E-state index contributed by atoms with van der Waals surface area (Å²) < 4.78 is 25.1. The Kier molecular flexibility index (Phi) is 12.5. The highest BCUT2D eigenvalue weighted by Gasteiger charge is 2.70. The first-order chi connectivity index (χ1) is 22.5. The largest absolute Gasteiger partial charge is 0.346 e. The van der Waals surface area contributed by atoms with Gasteiger partial charge < -0.3 is 26.2 Å². The molecule has 3 rings (SSSR count). The number of carbonyl (C=O) groups is 5. The van der Waals surface area contributed by atoms with Crippen LogP contribution in [0.4, 0.5) is 4.79 Å². The summed E-state index contributed by atoms with van der Waals surface area (Å²) in [5.41, 5.74) is -1.66. The Hall–Kier alpha value is -2.96. The number of carbonyl (C=O) groups excluding carboxylic acids is 5. The second kappa shape index (κ2) is 15.1. The maximum atomic E-state index is 14.4. The summed E-state index contributed by atoms with van der Waals surface area (Å²) in [5.74, 6) is -2.59. The summed E-state index contributed by atoms with van der Waals surface area (Å²) >= 11 is 0. The van der Waals surface area contributed by atoms with Crippen molar-refractivity contribution in [2.45, 2.75) is 142 Å². The average Bonchev–Trinajstić information content (AvgIpc) is 3.31. The number of nitrogens with one attached hydrogen (secondary N) is 4. The first kappa shape index (κ1) is 40.5. The summed E-state index contributed by atoms with van der Waals surface area (Å²) in [4.78, 5) is 69.1. The molecule has 278 valence electrons. The highest BCUT2D eigenvalue weighted by Crippen LogP contribution is 2.65. The summed E-state index contributed by atoms with van der Waals surface area (Å²) in [5, 5.41) is 11.3. The van der Waals surface area contributed by atoms with E-state index in [-0.39, 0.29) is 42.4 Å². The van der Waals surface area contributed by atoms with Crippen molar-refractivity contribution in [1.82, 2.24) is 26.2 Å². The molecule has 5 amide bonds. The minimum atomic E-state index is -3.41. The summed E-state index contributed by atoms with van der Waals surface area (Å²) in [6.45, 7) is 20.5. The van der Waals surface area contributed by atoms with Crippen LogP contribution in [0.2, 0.25) is 0 Å². The smallest absolute Gasteiger partial charge is 0.315 e. The van der Waals surface area contributed by atoms with Crippen molar-refractivity contribution >= 4 is 39.4 Å². The van der Waals surface area contributed by atoms with Gasteiger partial charge in [0.25, 0.3) is 5.91 Å². The number of likely N-dealkylation sites (tertiary alicyclic amines) is 1.